The van der Waals surface area contributed by atoms with Crippen molar-refractivity contribution in [1.82, 2.24) is 20.0 Å². The zero-order chi connectivity index (χ0) is 16.5. The third-order valence-corrected chi connectivity index (χ3v) is 4.30. The van der Waals surface area contributed by atoms with Crippen LogP contribution >= 0.6 is 0 Å². The molecule has 2 rings (SSSR count). The van der Waals surface area contributed by atoms with Crippen LogP contribution in [-0.4, -0.2) is 42.5 Å². The summed E-state index contributed by atoms with van der Waals surface area (Å²) in [5.41, 5.74) is 1.01. The molecule has 2 aromatic rings. The van der Waals surface area contributed by atoms with Crippen LogP contribution in [-0.2, 0) is 10.0 Å². The molecule has 1 N–H and O–H groups in total. The highest BCUT2D eigenvalue weighted by Gasteiger charge is 2.20. The van der Waals surface area contributed by atoms with E-state index in [4.69, 9.17) is 0 Å². The molecular weight excluding hydrogens is 304 g/mol. The summed E-state index contributed by atoms with van der Waals surface area (Å²) >= 11 is 0. The predicted octanol–water partition coefficient (Wildman–Crippen LogP) is 1.43. The number of hydrogen-bond donors (Lipinski definition) is 1. The van der Waals surface area contributed by atoms with Crippen LogP contribution in [0.4, 0.5) is 11.5 Å². The van der Waals surface area contributed by atoms with Gasteiger partial charge in [0.1, 0.15) is 4.90 Å². The topological polar surface area (TPSA) is 93.0 Å². The van der Waals surface area contributed by atoms with Gasteiger partial charge in [-0.1, -0.05) is 0 Å². The summed E-state index contributed by atoms with van der Waals surface area (Å²) in [5, 5.41) is 12.0. The number of sulfonamides is 1. The minimum Gasteiger partial charge on any atom is -0.360 e. The number of anilines is 2. The highest BCUT2D eigenvalue weighted by molar-refractivity contribution is 7.92. The molecule has 2 aromatic heterocycles. The predicted molar refractivity (Wildman–Crippen MR) is 84.5 cm³/mol. The van der Waals surface area contributed by atoms with Gasteiger partial charge in [-0.05, 0) is 26.8 Å². The van der Waals surface area contributed by atoms with Gasteiger partial charge in [0, 0.05) is 26.3 Å². The number of nitrogens with one attached hydrogen (secondary N) is 1. The standard InChI is InChI=1S/C13H20N6O2S/c1-9(2)19-8-11(7-14-19)22(20,21)17-12-6-10(3)15-16-13(12)18(4)5/h6-9H,1-5H3,(H,15,17). The summed E-state index contributed by atoms with van der Waals surface area (Å²) < 4.78 is 29.1. The molecule has 0 spiro atoms. The highest BCUT2D eigenvalue weighted by atomic mass is 32.2. The van der Waals surface area contributed by atoms with E-state index in [1.54, 1.807) is 36.7 Å². The zero-order valence-corrected chi connectivity index (χ0v) is 14.1. The van der Waals surface area contributed by atoms with E-state index in [0.717, 1.165) is 0 Å². The van der Waals surface area contributed by atoms with E-state index >= 15 is 0 Å². The molecule has 0 amide bonds. The molecule has 0 saturated heterocycles. The second-order valence-electron chi connectivity index (χ2n) is 5.47. The molecule has 0 aromatic carbocycles. The number of nitrogens with zero attached hydrogens (tertiary/aromatic N) is 5. The molecule has 0 aliphatic rings. The van der Waals surface area contributed by atoms with Crippen molar-refractivity contribution in [1.29, 1.82) is 0 Å². The van der Waals surface area contributed by atoms with Crippen LogP contribution in [0.3, 0.4) is 0 Å². The van der Waals surface area contributed by atoms with E-state index in [1.807, 2.05) is 13.8 Å². The fourth-order valence-electron chi connectivity index (χ4n) is 1.83. The Morgan fingerprint density at radius 2 is 1.95 bits per heavy atom. The Labute approximate surface area is 130 Å². The van der Waals surface area contributed by atoms with E-state index < -0.39 is 10.0 Å². The molecule has 2 heterocycles. The maximum Gasteiger partial charge on any atom is 0.265 e. The van der Waals surface area contributed by atoms with E-state index in [2.05, 4.69) is 20.0 Å². The Morgan fingerprint density at radius 3 is 2.50 bits per heavy atom. The molecule has 0 atom stereocenters. The SMILES string of the molecule is Cc1cc(NS(=O)(=O)c2cnn(C(C)C)c2)c(N(C)C)nn1. The summed E-state index contributed by atoms with van der Waals surface area (Å²) in [6, 6.07) is 1.73. The van der Waals surface area contributed by atoms with Crippen LogP contribution in [0.25, 0.3) is 0 Å². The van der Waals surface area contributed by atoms with E-state index in [9.17, 15) is 8.42 Å². The van der Waals surface area contributed by atoms with Crippen LogP contribution < -0.4 is 9.62 Å². The molecular formula is C13H20N6O2S. The summed E-state index contributed by atoms with van der Waals surface area (Å²) in [7, 11) is -0.183. The number of rotatable bonds is 5. The van der Waals surface area contributed by atoms with Gasteiger partial charge in [-0.2, -0.15) is 10.2 Å². The van der Waals surface area contributed by atoms with Gasteiger partial charge in [-0.25, -0.2) is 8.42 Å². The second-order valence-corrected chi connectivity index (χ2v) is 7.16. The van der Waals surface area contributed by atoms with E-state index in [-0.39, 0.29) is 10.9 Å². The fourth-order valence-corrected chi connectivity index (χ4v) is 2.82. The van der Waals surface area contributed by atoms with Crippen molar-refractivity contribution in [3.05, 3.63) is 24.2 Å². The van der Waals surface area contributed by atoms with Gasteiger partial charge in [-0.15, -0.1) is 5.10 Å². The van der Waals surface area contributed by atoms with Crippen molar-refractivity contribution in [2.24, 2.45) is 0 Å². The Bertz CT molecular complexity index is 767. The van der Waals surface area contributed by atoms with Gasteiger partial charge in [0.15, 0.2) is 5.82 Å². The van der Waals surface area contributed by atoms with E-state index in [1.165, 1.54) is 12.4 Å². The van der Waals surface area contributed by atoms with E-state index in [0.29, 0.717) is 17.2 Å². The molecule has 8 nitrogen and oxygen atoms in total. The van der Waals surface area contributed by atoms with Gasteiger partial charge in [0.05, 0.1) is 17.6 Å². The average Bonchev–Trinajstić information content (AvgIpc) is 2.88. The minimum absolute atomic E-state index is 0.0890. The van der Waals surface area contributed by atoms with Gasteiger partial charge in [-0.3, -0.25) is 9.40 Å². The van der Waals surface area contributed by atoms with Gasteiger partial charge in [0.25, 0.3) is 10.0 Å². The maximum absolute atomic E-state index is 12.5. The molecule has 120 valence electrons. The molecule has 0 saturated carbocycles. The lowest BCUT2D eigenvalue weighted by atomic mass is 10.3. The summed E-state index contributed by atoms with van der Waals surface area (Å²) in [4.78, 5) is 1.81. The molecule has 0 bridgehead atoms. The van der Waals surface area contributed by atoms with Crippen LogP contribution in [0, 0.1) is 6.92 Å². The van der Waals surface area contributed by atoms with Gasteiger partial charge in [0.2, 0.25) is 0 Å². The summed E-state index contributed by atoms with van der Waals surface area (Å²) in [5.74, 6) is 0.449. The minimum atomic E-state index is -3.73. The van der Waals surface area contributed by atoms with Gasteiger partial charge >= 0.3 is 0 Å². The molecule has 0 aliphatic carbocycles. The average molecular weight is 324 g/mol. The number of aromatic nitrogens is 4. The first-order chi connectivity index (χ1) is 10.2. The lowest BCUT2D eigenvalue weighted by Crippen LogP contribution is -2.19. The zero-order valence-electron chi connectivity index (χ0n) is 13.3. The third kappa shape index (κ3) is 3.35. The van der Waals surface area contributed by atoms with Crippen molar-refractivity contribution in [2.45, 2.75) is 31.7 Å². The molecule has 0 fully saturated rings. The van der Waals surface area contributed by atoms with Crippen LogP contribution in [0.2, 0.25) is 0 Å². The number of hydrogen-bond acceptors (Lipinski definition) is 6. The Morgan fingerprint density at radius 1 is 1.27 bits per heavy atom. The maximum atomic E-state index is 12.5. The molecule has 0 unspecified atom stereocenters. The van der Waals surface area contributed by atoms with Crippen molar-refractivity contribution < 1.29 is 8.42 Å². The van der Waals surface area contributed by atoms with Crippen molar-refractivity contribution >= 4 is 21.5 Å². The van der Waals surface area contributed by atoms with Gasteiger partial charge < -0.3 is 4.90 Å². The number of aryl methyl sites for hydroxylation is 1. The van der Waals surface area contributed by atoms with Crippen molar-refractivity contribution in [3.63, 3.8) is 0 Å². The first kappa shape index (κ1) is 16.2. The summed E-state index contributed by atoms with van der Waals surface area (Å²) in [6.45, 7) is 5.61. The third-order valence-electron chi connectivity index (χ3n) is 2.98. The van der Waals surface area contributed by atoms with Crippen LogP contribution in [0.15, 0.2) is 23.4 Å². The first-order valence-corrected chi connectivity index (χ1v) is 8.27. The van der Waals surface area contributed by atoms with Crippen molar-refractivity contribution in [2.75, 3.05) is 23.7 Å². The fraction of sp³-hybridized carbons (Fsp3) is 0.462. The highest BCUT2D eigenvalue weighted by Crippen LogP contribution is 2.24. The van der Waals surface area contributed by atoms with Crippen LogP contribution in [0.5, 0.6) is 0 Å². The van der Waals surface area contributed by atoms with Crippen molar-refractivity contribution in [3.8, 4) is 0 Å². The quantitative estimate of drug-likeness (QED) is 0.894. The smallest absolute Gasteiger partial charge is 0.265 e. The Balaban J connectivity index is 2.38. The monoisotopic (exact) mass is 324 g/mol. The largest absolute Gasteiger partial charge is 0.360 e. The summed E-state index contributed by atoms with van der Waals surface area (Å²) in [6.07, 6.45) is 2.84. The molecule has 9 heteroatoms. The lowest BCUT2D eigenvalue weighted by molar-refractivity contribution is 0.531. The lowest BCUT2D eigenvalue weighted by Gasteiger charge is -2.16. The molecule has 22 heavy (non-hydrogen) atoms. The first-order valence-electron chi connectivity index (χ1n) is 6.79. The molecule has 0 aliphatic heterocycles. The Hall–Kier alpha value is -2.16. The normalized spacial score (nSPS) is 11.7. The van der Waals surface area contributed by atoms with Crippen LogP contribution in [0.1, 0.15) is 25.6 Å². The molecule has 0 radical (unpaired) electrons. The second kappa shape index (κ2) is 5.91. The Kier molecular flexibility index (Phi) is 4.36.